The number of hydrogen-bond acceptors (Lipinski definition) is 5. The van der Waals surface area contributed by atoms with Crippen LogP contribution >= 0.6 is 11.6 Å². The number of amides is 2. The highest BCUT2D eigenvalue weighted by atomic mass is 35.5. The maximum absolute atomic E-state index is 12.3. The summed E-state index contributed by atoms with van der Waals surface area (Å²) < 4.78 is 6.77. The summed E-state index contributed by atoms with van der Waals surface area (Å²) in [5.74, 6) is -1.12. The van der Waals surface area contributed by atoms with E-state index in [-0.39, 0.29) is 12.6 Å². The quantitative estimate of drug-likeness (QED) is 0.656. The summed E-state index contributed by atoms with van der Waals surface area (Å²) in [5.41, 5.74) is 0.362. The van der Waals surface area contributed by atoms with Gasteiger partial charge in [0.15, 0.2) is 6.10 Å². The summed E-state index contributed by atoms with van der Waals surface area (Å²) in [5, 5.41) is 9.82. The Labute approximate surface area is 168 Å². The van der Waals surface area contributed by atoms with Crippen molar-refractivity contribution in [2.24, 2.45) is 0 Å². The summed E-state index contributed by atoms with van der Waals surface area (Å²) >= 11 is 5.77. The molecule has 0 aliphatic rings. The Bertz CT molecular complexity index is 835. The Hall–Kier alpha value is -2.87. The highest BCUT2D eigenvalue weighted by Crippen LogP contribution is 2.16. The molecule has 1 aromatic heterocycles. The molecule has 1 heterocycles. The SMILES string of the molecule is CC[C@@H](C)n1nccc1NC(=O)[C@H](C)OC(=O)CNC(=O)c1ccc(Cl)cc1. The number of aromatic nitrogens is 2. The first-order valence-electron chi connectivity index (χ1n) is 8.89. The zero-order chi connectivity index (χ0) is 20.7. The van der Waals surface area contributed by atoms with E-state index < -0.39 is 23.9 Å². The zero-order valence-corrected chi connectivity index (χ0v) is 16.7. The fourth-order valence-corrected chi connectivity index (χ4v) is 2.44. The van der Waals surface area contributed by atoms with E-state index in [2.05, 4.69) is 15.7 Å². The molecule has 0 unspecified atom stereocenters. The fourth-order valence-electron chi connectivity index (χ4n) is 2.31. The molecule has 0 radical (unpaired) electrons. The van der Waals surface area contributed by atoms with E-state index in [9.17, 15) is 14.4 Å². The van der Waals surface area contributed by atoms with Gasteiger partial charge in [0.1, 0.15) is 12.4 Å². The summed E-state index contributed by atoms with van der Waals surface area (Å²) in [6.07, 6.45) is 1.41. The van der Waals surface area contributed by atoms with E-state index in [1.165, 1.54) is 6.92 Å². The highest BCUT2D eigenvalue weighted by Gasteiger charge is 2.20. The topological polar surface area (TPSA) is 102 Å². The molecule has 8 nitrogen and oxygen atoms in total. The first kappa shape index (κ1) is 21.4. The lowest BCUT2D eigenvalue weighted by atomic mass is 10.2. The molecular formula is C19H23ClN4O4. The molecule has 2 amide bonds. The predicted molar refractivity (Wildman–Crippen MR) is 105 cm³/mol. The Kier molecular flexibility index (Phi) is 7.57. The van der Waals surface area contributed by atoms with Crippen molar-refractivity contribution in [1.29, 1.82) is 0 Å². The van der Waals surface area contributed by atoms with Crippen molar-refractivity contribution in [3.63, 3.8) is 0 Å². The number of carbonyl (C=O) groups excluding carboxylic acids is 3. The summed E-state index contributed by atoms with van der Waals surface area (Å²) in [4.78, 5) is 36.2. The lowest BCUT2D eigenvalue weighted by molar-refractivity contribution is -0.152. The van der Waals surface area contributed by atoms with Gasteiger partial charge in [-0.2, -0.15) is 5.10 Å². The van der Waals surface area contributed by atoms with E-state index in [4.69, 9.17) is 16.3 Å². The monoisotopic (exact) mass is 406 g/mol. The van der Waals surface area contributed by atoms with Crippen LogP contribution in [0.5, 0.6) is 0 Å². The molecule has 1 aromatic carbocycles. The van der Waals surface area contributed by atoms with Gasteiger partial charge < -0.3 is 15.4 Å². The average molecular weight is 407 g/mol. The van der Waals surface area contributed by atoms with E-state index in [0.29, 0.717) is 16.4 Å². The second-order valence-corrected chi connectivity index (χ2v) is 6.67. The maximum Gasteiger partial charge on any atom is 0.326 e. The van der Waals surface area contributed by atoms with Crippen LogP contribution in [-0.4, -0.2) is 40.2 Å². The van der Waals surface area contributed by atoms with Crippen molar-refractivity contribution in [2.45, 2.75) is 39.3 Å². The Balaban J connectivity index is 1.83. The minimum absolute atomic E-state index is 0.117. The molecule has 0 saturated carbocycles. The molecule has 0 fully saturated rings. The lowest BCUT2D eigenvalue weighted by Gasteiger charge is -2.17. The highest BCUT2D eigenvalue weighted by molar-refractivity contribution is 6.30. The normalized spacial score (nSPS) is 12.7. The van der Waals surface area contributed by atoms with Crippen LogP contribution in [0, 0.1) is 0 Å². The Morgan fingerprint density at radius 1 is 1.18 bits per heavy atom. The summed E-state index contributed by atoms with van der Waals surface area (Å²) in [7, 11) is 0. The Morgan fingerprint density at radius 2 is 1.86 bits per heavy atom. The molecule has 28 heavy (non-hydrogen) atoms. The van der Waals surface area contributed by atoms with Crippen molar-refractivity contribution in [1.82, 2.24) is 15.1 Å². The van der Waals surface area contributed by atoms with Crippen LogP contribution in [0.25, 0.3) is 0 Å². The molecule has 0 bridgehead atoms. The molecule has 2 N–H and O–H groups in total. The number of esters is 1. The first-order chi connectivity index (χ1) is 13.3. The predicted octanol–water partition coefficient (Wildman–Crippen LogP) is 2.81. The van der Waals surface area contributed by atoms with Gasteiger partial charge >= 0.3 is 5.97 Å². The number of carbonyl (C=O) groups is 3. The van der Waals surface area contributed by atoms with Gasteiger partial charge in [-0.25, -0.2) is 4.68 Å². The van der Waals surface area contributed by atoms with Crippen LogP contribution in [0.2, 0.25) is 5.02 Å². The number of ether oxygens (including phenoxy) is 1. The second kappa shape index (κ2) is 9.89. The minimum atomic E-state index is -1.03. The van der Waals surface area contributed by atoms with Crippen LogP contribution in [0.15, 0.2) is 36.5 Å². The molecule has 150 valence electrons. The van der Waals surface area contributed by atoms with Gasteiger partial charge in [-0.1, -0.05) is 18.5 Å². The van der Waals surface area contributed by atoms with E-state index in [1.54, 1.807) is 41.2 Å². The van der Waals surface area contributed by atoms with E-state index in [0.717, 1.165) is 6.42 Å². The standard InChI is InChI=1S/C19H23ClN4O4/c1-4-12(2)24-16(9-10-22-24)23-18(26)13(3)28-17(25)11-21-19(27)14-5-7-15(20)8-6-14/h5-10,12-13H,4,11H2,1-3H3,(H,21,27)(H,23,26)/t12-,13+/m1/s1. The lowest BCUT2D eigenvalue weighted by Crippen LogP contribution is -2.36. The summed E-state index contributed by atoms with van der Waals surface area (Å²) in [6.45, 7) is 5.10. The van der Waals surface area contributed by atoms with Crippen molar-refractivity contribution < 1.29 is 19.1 Å². The van der Waals surface area contributed by atoms with Gasteiger partial charge in [0.05, 0.1) is 12.2 Å². The van der Waals surface area contributed by atoms with Crippen molar-refractivity contribution >= 4 is 35.2 Å². The number of hydrogen-bond donors (Lipinski definition) is 2. The van der Waals surface area contributed by atoms with Crippen LogP contribution < -0.4 is 10.6 Å². The molecule has 0 saturated heterocycles. The molecule has 2 atom stereocenters. The minimum Gasteiger partial charge on any atom is -0.451 e. The Morgan fingerprint density at radius 3 is 2.50 bits per heavy atom. The number of halogens is 1. The summed E-state index contributed by atoms with van der Waals surface area (Å²) in [6, 6.07) is 8.02. The fraction of sp³-hybridized carbons (Fsp3) is 0.368. The number of anilines is 1. The second-order valence-electron chi connectivity index (χ2n) is 6.23. The van der Waals surface area contributed by atoms with E-state index in [1.807, 2.05) is 13.8 Å². The van der Waals surface area contributed by atoms with Crippen LogP contribution in [-0.2, 0) is 14.3 Å². The van der Waals surface area contributed by atoms with Gasteiger partial charge in [-0.15, -0.1) is 0 Å². The van der Waals surface area contributed by atoms with Gasteiger partial charge in [0.2, 0.25) is 0 Å². The van der Waals surface area contributed by atoms with Crippen LogP contribution in [0.1, 0.15) is 43.6 Å². The van der Waals surface area contributed by atoms with Crippen LogP contribution in [0.4, 0.5) is 5.82 Å². The number of nitrogens with one attached hydrogen (secondary N) is 2. The van der Waals surface area contributed by atoms with Gasteiger partial charge in [-0.05, 0) is 44.5 Å². The largest absolute Gasteiger partial charge is 0.451 e. The third-order valence-corrected chi connectivity index (χ3v) is 4.36. The number of benzene rings is 1. The number of rotatable bonds is 8. The average Bonchev–Trinajstić information content (AvgIpc) is 3.14. The van der Waals surface area contributed by atoms with Crippen molar-refractivity contribution in [2.75, 3.05) is 11.9 Å². The maximum atomic E-state index is 12.3. The first-order valence-corrected chi connectivity index (χ1v) is 9.27. The molecule has 0 aliphatic carbocycles. The molecule has 2 aromatic rings. The van der Waals surface area contributed by atoms with Gasteiger partial charge in [0.25, 0.3) is 11.8 Å². The molecule has 2 rings (SSSR count). The molecule has 0 spiro atoms. The van der Waals surface area contributed by atoms with Gasteiger partial charge in [0, 0.05) is 16.7 Å². The van der Waals surface area contributed by atoms with Crippen LogP contribution in [0.3, 0.4) is 0 Å². The molecular weight excluding hydrogens is 384 g/mol. The van der Waals surface area contributed by atoms with Gasteiger partial charge in [-0.3, -0.25) is 14.4 Å². The molecule has 0 aliphatic heterocycles. The third-order valence-electron chi connectivity index (χ3n) is 4.11. The smallest absolute Gasteiger partial charge is 0.326 e. The van der Waals surface area contributed by atoms with Crippen molar-refractivity contribution in [3.8, 4) is 0 Å². The van der Waals surface area contributed by atoms with Crippen molar-refractivity contribution in [3.05, 3.63) is 47.1 Å². The zero-order valence-electron chi connectivity index (χ0n) is 15.9. The number of nitrogens with zero attached hydrogens (tertiary/aromatic N) is 2. The van der Waals surface area contributed by atoms with E-state index >= 15 is 0 Å². The third kappa shape index (κ3) is 5.82. The molecule has 9 heteroatoms.